The Morgan fingerprint density at radius 2 is 1.76 bits per heavy atom. The van der Waals surface area contributed by atoms with E-state index in [0.717, 1.165) is 6.42 Å². The third kappa shape index (κ3) is 5.58. The van der Waals surface area contributed by atoms with Gasteiger partial charge in [-0.3, -0.25) is 9.59 Å². The molecule has 4 nitrogen and oxygen atoms in total. The van der Waals surface area contributed by atoms with E-state index in [1.807, 2.05) is 51.1 Å². The standard InChI is InChI=1S/C17H26N2O2/c1-5-16(20)19(14(4)17(21)18-13(2)3)12-11-15-9-7-6-8-10-15/h6-10,13-14H,5,11-12H2,1-4H3,(H,18,21). The van der Waals surface area contributed by atoms with Crippen molar-refractivity contribution in [3.8, 4) is 0 Å². The van der Waals surface area contributed by atoms with Gasteiger partial charge >= 0.3 is 0 Å². The van der Waals surface area contributed by atoms with Crippen LogP contribution in [0.25, 0.3) is 0 Å². The fraction of sp³-hybridized carbons (Fsp3) is 0.529. The van der Waals surface area contributed by atoms with Gasteiger partial charge < -0.3 is 10.2 Å². The highest BCUT2D eigenvalue weighted by atomic mass is 16.2. The quantitative estimate of drug-likeness (QED) is 0.838. The summed E-state index contributed by atoms with van der Waals surface area (Å²) >= 11 is 0. The van der Waals surface area contributed by atoms with E-state index in [2.05, 4.69) is 5.32 Å². The molecule has 0 radical (unpaired) electrons. The normalized spacial score (nSPS) is 12.0. The zero-order valence-electron chi connectivity index (χ0n) is 13.4. The summed E-state index contributed by atoms with van der Waals surface area (Å²) in [4.78, 5) is 25.9. The number of nitrogens with zero attached hydrogens (tertiary/aromatic N) is 1. The highest BCUT2D eigenvalue weighted by molar-refractivity contribution is 5.87. The molecular weight excluding hydrogens is 264 g/mol. The third-order valence-corrected chi connectivity index (χ3v) is 3.38. The maximum atomic E-state index is 12.1. The van der Waals surface area contributed by atoms with E-state index in [9.17, 15) is 9.59 Å². The van der Waals surface area contributed by atoms with E-state index < -0.39 is 6.04 Å². The average molecular weight is 290 g/mol. The Labute approximate surface area is 127 Å². The van der Waals surface area contributed by atoms with Crippen molar-refractivity contribution < 1.29 is 9.59 Å². The molecule has 0 saturated heterocycles. The van der Waals surface area contributed by atoms with Gasteiger partial charge in [-0.2, -0.15) is 0 Å². The maximum absolute atomic E-state index is 12.1. The second-order valence-corrected chi connectivity index (χ2v) is 5.52. The molecule has 21 heavy (non-hydrogen) atoms. The first-order chi connectivity index (χ1) is 9.95. The summed E-state index contributed by atoms with van der Waals surface area (Å²) < 4.78 is 0. The molecule has 0 heterocycles. The van der Waals surface area contributed by atoms with Crippen molar-refractivity contribution in [2.24, 2.45) is 0 Å². The minimum absolute atomic E-state index is 0.0114. The molecule has 116 valence electrons. The first-order valence-electron chi connectivity index (χ1n) is 7.59. The van der Waals surface area contributed by atoms with Crippen LogP contribution in [-0.2, 0) is 16.0 Å². The smallest absolute Gasteiger partial charge is 0.242 e. The summed E-state index contributed by atoms with van der Waals surface area (Å²) in [6.07, 6.45) is 1.17. The number of nitrogens with one attached hydrogen (secondary N) is 1. The van der Waals surface area contributed by atoms with E-state index in [1.165, 1.54) is 5.56 Å². The van der Waals surface area contributed by atoms with Gasteiger partial charge in [0.15, 0.2) is 0 Å². The molecule has 0 aromatic heterocycles. The molecule has 1 aromatic carbocycles. The lowest BCUT2D eigenvalue weighted by atomic mass is 10.1. The van der Waals surface area contributed by atoms with E-state index in [1.54, 1.807) is 11.8 Å². The molecular formula is C17H26N2O2. The molecule has 0 aliphatic carbocycles. The molecule has 4 heteroatoms. The van der Waals surface area contributed by atoms with Crippen LogP contribution < -0.4 is 5.32 Å². The molecule has 0 bridgehead atoms. The molecule has 1 atom stereocenters. The topological polar surface area (TPSA) is 49.4 Å². The van der Waals surface area contributed by atoms with Crippen molar-refractivity contribution in [2.75, 3.05) is 6.54 Å². The Kier molecular flexibility index (Phi) is 6.92. The van der Waals surface area contributed by atoms with Gasteiger partial charge in [0.2, 0.25) is 11.8 Å². The molecule has 0 aliphatic rings. The molecule has 0 aliphatic heterocycles. The largest absolute Gasteiger partial charge is 0.352 e. The Morgan fingerprint density at radius 3 is 2.29 bits per heavy atom. The number of carbonyl (C=O) groups is 2. The summed E-state index contributed by atoms with van der Waals surface area (Å²) in [5, 5.41) is 2.87. The summed E-state index contributed by atoms with van der Waals surface area (Å²) in [5.41, 5.74) is 1.17. The summed E-state index contributed by atoms with van der Waals surface area (Å²) in [6, 6.07) is 9.64. The van der Waals surface area contributed by atoms with Crippen molar-refractivity contribution in [1.82, 2.24) is 10.2 Å². The zero-order chi connectivity index (χ0) is 15.8. The van der Waals surface area contributed by atoms with Gasteiger partial charge in [-0.15, -0.1) is 0 Å². The van der Waals surface area contributed by atoms with Gasteiger partial charge in [0, 0.05) is 19.0 Å². The summed E-state index contributed by atoms with van der Waals surface area (Å²) in [7, 11) is 0. The fourth-order valence-corrected chi connectivity index (χ4v) is 2.18. The first kappa shape index (κ1) is 17.2. The van der Waals surface area contributed by atoms with E-state index in [4.69, 9.17) is 0 Å². The lowest BCUT2D eigenvalue weighted by Gasteiger charge is -2.29. The Balaban J connectivity index is 2.71. The van der Waals surface area contributed by atoms with Crippen molar-refractivity contribution in [2.45, 2.75) is 52.6 Å². The summed E-state index contributed by atoms with van der Waals surface area (Å²) in [5.74, 6) is -0.0859. The van der Waals surface area contributed by atoms with Crippen LogP contribution in [0.3, 0.4) is 0 Å². The molecule has 1 unspecified atom stereocenters. The van der Waals surface area contributed by atoms with Gasteiger partial charge in [0.05, 0.1) is 0 Å². The first-order valence-corrected chi connectivity index (χ1v) is 7.59. The minimum Gasteiger partial charge on any atom is -0.352 e. The molecule has 0 fully saturated rings. The van der Waals surface area contributed by atoms with Crippen LogP contribution in [0.15, 0.2) is 30.3 Å². The average Bonchev–Trinajstić information content (AvgIpc) is 2.47. The monoisotopic (exact) mass is 290 g/mol. The predicted octanol–water partition coefficient (Wildman–Crippen LogP) is 2.38. The van der Waals surface area contributed by atoms with Crippen LogP contribution in [-0.4, -0.2) is 35.3 Å². The molecule has 1 aromatic rings. The second kappa shape index (κ2) is 8.45. The molecule has 2 amide bonds. The van der Waals surface area contributed by atoms with Crippen molar-refractivity contribution in [3.05, 3.63) is 35.9 Å². The van der Waals surface area contributed by atoms with Crippen LogP contribution >= 0.6 is 0 Å². The number of benzene rings is 1. The number of hydrogen-bond acceptors (Lipinski definition) is 2. The predicted molar refractivity (Wildman–Crippen MR) is 84.9 cm³/mol. The molecule has 0 saturated carbocycles. The van der Waals surface area contributed by atoms with Crippen LogP contribution in [0, 0.1) is 0 Å². The van der Waals surface area contributed by atoms with E-state index in [-0.39, 0.29) is 17.9 Å². The van der Waals surface area contributed by atoms with Crippen molar-refractivity contribution in [1.29, 1.82) is 0 Å². The molecule has 1 N–H and O–H groups in total. The highest BCUT2D eigenvalue weighted by Crippen LogP contribution is 2.07. The van der Waals surface area contributed by atoms with Gasteiger partial charge in [0.25, 0.3) is 0 Å². The molecule has 0 spiro atoms. The van der Waals surface area contributed by atoms with Crippen molar-refractivity contribution >= 4 is 11.8 Å². The fourth-order valence-electron chi connectivity index (χ4n) is 2.18. The van der Waals surface area contributed by atoms with Crippen LogP contribution in [0.2, 0.25) is 0 Å². The van der Waals surface area contributed by atoms with Gasteiger partial charge in [-0.1, -0.05) is 37.3 Å². The van der Waals surface area contributed by atoms with Crippen LogP contribution in [0.5, 0.6) is 0 Å². The Morgan fingerprint density at radius 1 is 1.14 bits per heavy atom. The third-order valence-electron chi connectivity index (χ3n) is 3.38. The Bertz CT molecular complexity index is 457. The number of carbonyl (C=O) groups excluding carboxylic acids is 2. The minimum atomic E-state index is -0.441. The van der Waals surface area contributed by atoms with E-state index >= 15 is 0 Å². The number of hydrogen-bond donors (Lipinski definition) is 1. The maximum Gasteiger partial charge on any atom is 0.242 e. The van der Waals surface area contributed by atoms with Crippen LogP contribution in [0.4, 0.5) is 0 Å². The summed E-state index contributed by atoms with van der Waals surface area (Å²) in [6.45, 7) is 8.01. The highest BCUT2D eigenvalue weighted by Gasteiger charge is 2.24. The van der Waals surface area contributed by atoms with E-state index in [0.29, 0.717) is 13.0 Å². The zero-order valence-corrected chi connectivity index (χ0v) is 13.4. The second-order valence-electron chi connectivity index (χ2n) is 5.52. The van der Waals surface area contributed by atoms with Crippen molar-refractivity contribution in [3.63, 3.8) is 0 Å². The lowest BCUT2D eigenvalue weighted by molar-refractivity contribution is -0.139. The molecule has 1 rings (SSSR count). The number of rotatable bonds is 7. The van der Waals surface area contributed by atoms with Gasteiger partial charge in [-0.25, -0.2) is 0 Å². The van der Waals surface area contributed by atoms with Gasteiger partial charge in [0.1, 0.15) is 6.04 Å². The van der Waals surface area contributed by atoms with Gasteiger partial charge in [-0.05, 0) is 32.8 Å². The Hall–Kier alpha value is -1.84. The SMILES string of the molecule is CCC(=O)N(CCc1ccccc1)C(C)C(=O)NC(C)C. The number of amides is 2. The van der Waals surface area contributed by atoms with Crippen LogP contribution in [0.1, 0.15) is 39.7 Å². The lowest BCUT2D eigenvalue weighted by Crippen LogP contribution is -2.50.